The number of benzene rings is 8. The lowest BCUT2D eigenvalue weighted by atomic mass is 9.74. The molecule has 0 bridgehead atoms. The molecule has 2 heteroatoms. The molecule has 3 N–H and O–H groups in total. The minimum Gasteiger partial charge on any atom is -0.398 e. The van der Waals surface area contributed by atoms with Gasteiger partial charge in [-0.15, -0.1) is 0 Å². The lowest BCUT2D eigenvalue weighted by molar-refractivity contribution is 0.914. The number of nitrogens with one attached hydrogen (secondary N) is 1. The second kappa shape index (κ2) is 15.7. The van der Waals surface area contributed by atoms with Crippen LogP contribution < -0.4 is 11.1 Å². The number of para-hydroxylation sites is 1. The Labute approximate surface area is 313 Å². The van der Waals surface area contributed by atoms with Crippen molar-refractivity contribution >= 4 is 17.1 Å². The fraction of sp³-hybridized carbons (Fsp3) is 0.0588. The van der Waals surface area contributed by atoms with E-state index >= 15 is 0 Å². The maximum atomic E-state index is 7.80. The zero-order chi connectivity index (χ0) is 35.8. The summed E-state index contributed by atoms with van der Waals surface area (Å²) < 4.78 is 0. The predicted molar refractivity (Wildman–Crippen MR) is 222 cm³/mol. The van der Waals surface area contributed by atoms with Gasteiger partial charge in [0, 0.05) is 40.4 Å². The molecule has 256 valence electrons. The first-order valence-corrected chi connectivity index (χ1v) is 18.3. The van der Waals surface area contributed by atoms with Crippen LogP contribution in [0.3, 0.4) is 0 Å². The summed E-state index contributed by atoms with van der Waals surface area (Å²) in [5, 5.41) is 3.99. The number of nitrogens with two attached hydrogens (primary N) is 1. The van der Waals surface area contributed by atoms with E-state index in [1.54, 1.807) is 0 Å². The Balaban J connectivity index is 1.54. The highest BCUT2D eigenvalue weighted by Gasteiger charge is 2.33. The van der Waals surface area contributed by atoms with Crippen molar-refractivity contribution in [3.63, 3.8) is 0 Å². The van der Waals surface area contributed by atoms with Crippen LogP contribution in [0, 0.1) is 0 Å². The number of nitrogen functional groups attached to an aromatic ring is 1. The molecule has 0 aliphatic heterocycles. The van der Waals surface area contributed by atoms with Gasteiger partial charge in [-0.3, -0.25) is 0 Å². The SMILES string of the molecule is Nc1c(C(c2ccccc2)c2ccccc2)cc(C(c2ccccc2)c2ccccc2)c(Nc2ccccc2)c1C(c1ccccc1)c1ccccc1. The van der Waals surface area contributed by atoms with Crippen LogP contribution >= 0.6 is 0 Å². The van der Waals surface area contributed by atoms with Gasteiger partial charge < -0.3 is 11.1 Å². The Morgan fingerprint density at radius 3 is 0.943 bits per heavy atom. The molecule has 0 unspecified atom stereocenters. The van der Waals surface area contributed by atoms with E-state index < -0.39 is 0 Å². The maximum Gasteiger partial charge on any atom is 0.0489 e. The van der Waals surface area contributed by atoms with Gasteiger partial charge in [0.2, 0.25) is 0 Å². The number of hydrogen-bond acceptors (Lipinski definition) is 2. The lowest BCUT2D eigenvalue weighted by Crippen LogP contribution is -2.18. The van der Waals surface area contributed by atoms with Crippen molar-refractivity contribution in [2.24, 2.45) is 0 Å². The van der Waals surface area contributed by atoms with Crippen molar-refractivity contribution < 1.29 is 0 Å². The van der Waals surface area contributed by atoms with Gasteiger partial charge in [-0.25, -0.2) is 0 Å². The van der Waals surface area contributed by atoms with Gasteiger partial charge in [0.1, 0.15) is 0 Å². The number of hydrogen-bond donors (Lipinski definition) is 2. The van der Waals surface area contributed by atoms with Gasteiger partial charge in [0.25, 0.3) is 0 Å². The van der Waals surface area contributed by atoms with Crippen LogP contribution in [0.1, 0.15) is 67.8 Å². The molecule has 8 rings (SSSR count). The topological polar surface area (TPSA) is 38.0 Å². The van der Waals surface area contributed by atoms with Crippen LogP contribution in [0.4, 0.5) is 17.1 Å². The van der Waals surface area contributed by atoms with E-state index in [2.05, 4.69) is 224 Å². The molecule has 0 aromatic heterocycles. The van der Waals surface area contributed by atoms with E-state index in [1.165, 1.54) is 38.9 Å². The zero-order valence-electron chi connectivity index (χ0n) is 29.6. The molecule has 0 saturated carbocycles. The van der Waals surface area contributed by atoms with Crippen LogP contribution in [-0.4, -0.2) is 0 Å². The molecule has 53 heavy (non-hydrogen) atoms. The molecule has 8 aromatic rings. The lowest BCUT2D eigenvalue weighted by Gasteiger charge is -2.33. The fourth-order valence-electron chi connectivity index (χ4n) is 7.84. The molecule has 0 amide bonds. The van der Waals surface area contributed by atoms with Crippen LogP contribution in [0.25, 0.3) is 0 Å². The minimum absolute atomic E-state index is 0.0962. The van der Waals surface area contributed by atoms with Crippen molar-refractivity contribution in [3.8, 4) is 0 Å². The summed E-state index contributed by atoms with van der Waals surface area (Å²) in [5.41, 5.74) is 21.1. The number of anilines is 3. The van der Waals surface area contributed by atoms with Crippen LogP contribution in [0.2, 0.25) is 0 Å². The van der Waals surface area contributed by atoms with E-state index in [4.69, 9.17) is 5.73 Å². The minimum atomic E-state index is -0.165. The van der Waals surface area contributed by atoms with Gasteiger partial charge >= 0.3 is 0 Å². The second-order valence-corrected chi connectivity index (χ2v) is 13.5. The molecule has 0 fully saturated rings. The van der Waals surface area contributed by atoms with E-state index in [0.717, 1.165) is 28.2 Å². The molecule has 8 aromatic carbocycles. The smallest absolute Gasteiger partial charge is 0.0489 e. The molecule has 2 nitrogen and oxygen atoms in total. The Kier molecular flexibility index (Phi) is 9.93. The highest BCUT2D eigenvalue weighted by atomic mass is 14.9. The van der Waals surface area contributed by atoms with Gasteiger partial charge in [-0.2, -0.15) is 0 Å². The Hall–Kier alpha value is -6.64. The molecule has 0 atom stereocenters. The summed E-state index contributed by atoms with van der Waals surface area (Å²) >= 11 is 0. The molecular formula is C51H42N2. The first-order chi connectivity index (χ1) is 26.3. The van der Waals surface area contributed by atoms with Gasteiger partial charge in [-0.1, -0.05) is 200 Å². The third-order valence-electron chi connectivity index (χ3n) is 10.2. The van der Waals surface area contributed by atoms with Crippen LogP contribution in [0.5, 0.6) is 0 Å². The van der Waals surface area contributed by atoms with Gasteiger partial charge in [0.05, 0.1) is 0 Å². The molecule has 0 aliphatic rings. The van der Waals surface area contributed by atoms with Crippen molar-refractivity contribution in [1.82, 2.24) is 0 Å². The second-order valence-electron chi connectivity index (χ2n) is 13.5. The molecule has 0 heterocycles. The maximum absolute atomic E-state index is 7.80. The Morgan fingerprint density at radius 2 is 0.604 bits per heavy atom. The molecule has 0 spiro atoms. The summed E-state index contributed by atoms with van der Waals surface area (Å²) in [6.07, 6.45) is 0. The molecular weight excluding hydrogens is 641 g/mol. The molecule has 0 radical (unpaired) electrons. The standard InChI is InChI=1S/C51H42N2/c52-50-44(46(37-22-8-1-9-23-37)38-24-10-2-11-25-38)36-45(47(39-26-12-3-13-27-39)40-28-14-4-15-29-40)51(53-43-34-20-7-21-35-43)49(50)48(41-30-16-5-17-31-41)42-32-18-6-19-33-42/h1-36,46-48,53H,52H2. The molecule has 0 aliphatic carbocycles. The monoisotopic (exact) mass is 682 g/mol. The van der Waals surface area contributed by atoms with Gasteiger partial charge in [0.15, 0.2) is 0 Å². The van der Waals surface area contributed by atoms with E-state index in [1.807, 2.05) is 0 Å². The van der Waals surface area contributed by atoms with E-state index in [0.29, 0.717) is 0 Å². The summed E-state index contributed by atoms with van der Waals surface area (Å²) in [6.45, 7) is 0. The van der Waals surface area contributed by atoms with Gasteiger partial charge in [-0.05, 0) is 62.7 Å². The Bertz CT molecular complexity index is 2230. The number of rotatable bonds is 11. The normalized spacial score (nSPS) is 11.2. The highest BCUT2D eigenvalue weighted by molar-refractivity contribution is 5.81. The summed E-state index contributed by atoms with van der Waals surface area (Å²) in [7, 11) is 0. The first kappa shape index (κ1) is 33.5. The summed E-state index contributed by atoms with van der Waals surface area (Å²) in [6, 6.07) is 77.8. The quantitative estimate of drug-likeness (QED) is 0.105. The summed E-state index contributed by atoms with van der Waals surface area (Å²) in [4.78, 5) is 0. The van der Waals surface area contributed by atoms with Crippen molar-refractivity contribution in [3.05, 3.63) is 268 Å². The highest BCUT2D eigenvalue weighted by Crippen LogP contribution is 2.50. The zero-order valence-corrected chi connectivity index (χ0v) is 29.6. The fourth-order valence-corrected chi connectivity index (χ4v) is 7.84. The van der Waals surface area contributed by atoms with E-state index in [9.17, 15) is 0 Å². The van der Waals surface area contributed by atoms with Crippen molar-refractivity contribution in [2.75, 3.05) is 11.1 Å². The third kappa shape index (κ3) is 7.13. The van der Waals surface area contributed by atoms with Crippen LogP contribution in [0.15, 0.2) is 218 Å². The largest absolute Gasteiger partial charge is 0.398 e. The molecule has 0 saturated heterocycles. The summed E-state index contributed by atoms with van der Waals surface area (Å²) in [5.74, 6) is -0.372. The first-order valence-electron chi connectivity index (χ1n) is 18.3. The predicted octanol–water partition coefficient (Wildman–Crippen LogP) is 12.6. The van der Waals surface area contributed by atoms with Crippen molar-refractivity contribution in [1.29, 1.82) is 0 Å². The van der Waals surface area contributed by atoms with Crippen molar-refractivity contribution in [2.45, 2.75) is 17.8 Å². The van der Waals surface area contributed by atoms with Crippen LogP contribution in [-0.2, 0) is 0 Å². The average molecular weight is 683 g/mol. The van der Waals surface area contributed by atoms with E-state index in [-0.39, 0.29) is 17.8 Å². The third-order valence-corrected chi connectivity index (χ3v) is 10.2. The average Bonchev–Trinajstić information content (AvgIpc) is 3.23. The Morgan fingerprint density at radius 1 is 0.321 bits per heavy atom.